The third-order valence-corrected chi connectivity index (χ3v) is 4.55. The van der Waals surface area contributed by atoms with Crippen LogP contribution in [0.1, 0.15) is 45.4 Å². The summed E-state index contributed by atoms with van der Waals surface area (Å²) in [5, 5.41) is 4.11. The summed E-state index contributed by atoms with van der Waals surface area (Å²) in [7, 11) is 3.25. The van der Waals surface area contributed by atoms with Gasteiger partial charge in [-0.25, -0.2) is 4.98 Å². The summed E-state index contributed by atoms with van der Waals surface area (Å²) in [6.45, 7) is 5.17. The van der Waals surface area contributed by atoms with Crippen molar-refractivity contribution in [3.05, 3.63) is 64.7 Å². The van der Waals surface area contributed by atoms with Gasteiger partial charge in [0.25, 0.3) is 5.56 Å². The molecule has 1 N–H and O–H groups in total. The Kier molecular flexibility index (Phi) is 9.38. The van der Waals surface area contributed by atoms with E-state index in [0.29, 0.717) is 5.39 Å². The Bertz CT molecular complexity index is 936. The van der Waals surface area contributed by atoms with Gasteiger partial charge in [-0.15, -0.1) is 0 Å². The summed E-state index contributed by atoms with van der Waals surface area (Å²) in [5.74, 6) is 0.819. The third kappa shape index (κ3) is 5.91. The van der Waals surface area contributed by atoms with E-state index in [0.717, 1.165) is 48.5 Å². The molecule has 1 aromatic heterocycles. The van der Waals surface area contributed by atoms with E-state index in [1.54, 1.807) is 18.8 Å². The number of para-hydroxylation sites is 1. The molecule has 5 heteroatoms. The lowest BCUT2D eigenvalue weighted by Gasteiger charge is -2.15. The third-order valence-electron chi connectivity index (χ3n) is 4.55. The highest BCUT2D eigenvalue weighted by Crippen LogP contribution is 2.21. The molecule has 0 amide bonds. The molecule has 156 valence electrons. The summed E-state index contributed by atoms with van der Waals surface area (Å²) in [5.41, 5.74) is 2.52. The van der Waals surface area contributed by atoms with Gasteiger partial charge in [0, 0.05) is 32.9 Å². The van der Waals surface area contributed by atoms with Crippen molar-refractivity contribution in [3.63, 3.8) is 0 Å². The van der Waals surface area contributed by atoms with E-state index in [9.17, 15) is 4.79 Å². The number of benzene rings is 2. The van der Waals surface area contributed by atoms with Gasteiger partial charge < -0.3 is 10.1 Å². The number of anilines is 1. The van der Waals surface area contributed by atoms with Crippen LogP contribution in [0.3, 0.4) is 0 Å². The Hall–Kier alpha value is -2.66. The molecule has 1 heterocycles. The molecule has 5 nitrogen and oxygen atoms in total. The van der Waals surface area contributed by atoms with Crippen molar-refractivity contribution in [3.8, 4) is 5.69 Å². The van der Waals surface area contributed by atoms with Crippen LogP contribution in [0.25, 0.3) is 16.6 Å². The number of unbranched alkanes of at least 4 members (excludes halogenated alkanes) is 2. The van der Waals surface area contributed by atoms with Crippen molar-refractivity contribution in [2.75, 3.05) is 26.1 Å². The minimum atomic E-state index is 0.00300. The Balaban J connectivity index is 0.000000941. The fraction of sp³-hybridized carbons (Fsp3) is 0.417. The van der Waals surface area contributed by atoms with Crippen LogP contribution in [-0.4, -0.2) is 30.3 Å². The second-order valence-corrected chi connectivity index (χ2v) is 7.00. The van der Waals surface area contributed by atoms with Gasteiger partial charge in [-0.1, -0.05) is 51.0 Å². The normalized spacial score (nSPS) is 10.5. The van der Waals surface area contributed by atoms with Crippen molar-refractivity contribution >= 4 is 16.6 Å². The average molecular weight is 396 g/mol. The molecule has 3 rings (SSSR count). The monoisotopic (exact) mass is 395 g/mol. The van der Waals surface area contributed by atoms with Crippen LogP contribution in [-0.2, 0) is 11.2 Å². The Morgan fingerprint density at radius 1 is 0.966 bits per heavy atom. The molecule has 0 atom stereocenters. The van der Waals surface area contributed by atoms with Crippen LogP contribution >= 0.6 is 0 Å². The molecular weight excluding hydrogens is 362 g/mol. The van der Waals surface area contributed by atoms with Crippen molar-refractivity contribution in [2.24, 2.45) is 0 Å². The quantitative estimate of drug-likeness (QED) is 0.533. The SMILES string of the molecule is CCCCCNc1cccc2nc(CCC)n(-c3ccccc3)c(=O)c12.COC. The highest BCUT2D eigenvalue weighted by atomic mass is 16.4. The predicted octanol–water partition coefficient (Wildman–Crippen LogP) is 5.20. The van der Waals surface area contributed by atoms with Gasteiger partial charge in [-0.05, 0) is 37.1 Å². The molecule has 0 fully saturated rings. The lowest BCUT2D eigenvalue weighted by Crippen LogP contribution is -2.24. The van der Waals surface area contributed by atoms with Gasteiger partial charge in [0.15, 0.2) is 0 Å². The molecule has 0 radical (unpaired) electrons. The number of methoxy groups -OCH3 is 1. The molecule has 3 aromatic rings. The first-order valence-electron chi connectivity index (χ1n) is 10.4. The Morgan fingerprint density at radius 3 is 2.34 bits per heavy atom. The maximum atomic E-state index is 13.4. The number of nitrogens with one attached hydrogen (secondary N) is 1. The zero-order valence-corrected chi connectivity index (χ0v) is 18.1. The minimum absolute atomic E-state index is 0.00300. The summed E-state index contributed by atoms with van der Waals surface area (Å²) in [4.78, 5) is 18.2. The van der Waals surface area contributed by atoms with E-state index < -0.39 is 0 Å². The Labute approximate surface area is 173 Å². The van der Waals surface area contributed by atoms with Gasteiger partial charge in [-0.2, -0.15) is 0 Å². The number of aromatic nitrogens is 2. The summed E-state index contributed by atoms with van der Waals surface area (Å²) in [6, 6.07) is 15.7. The van der Waals surface area contributed by atoms with E-state index >= 15 is 0 Å². The van der Waals surface area contributed by atoms with Crippen LogP contribution in [0.4, 0.5) is 5.69 Å². The number of hydrogen-bond donors (Lipinski definition) is 1. The fourth-order valence-electron chi connectivity index (χ4n) is 3.26. The standard InChI is InChI=1S/C22H27N3O.C2H6O/c1-3-5-9-16-23-18-14-10-15-19-21(18)22(26)25(20(24-19)11-4-2)17-12-7-6-8-13-17;1-3-2/h6-8,10,12-15,23H,3-5,9,11,16H2,1-2H3;1-2H3. The number of nitrogens with zero attached hydrogens (tertiary/aromatic N) is 2. The van der Waals surface area contributed by atoms with Crippen LogP contribution in [0.5, 0.6) is 0 Å². The molecule has 0 aliphatic carbocycles. The van der Waals surface area contributed by atoms with Crippen LogP contribution in [0.15, 0.2) is 53.3 Å². The fourth-order valence-corrected chi connectivity index (χ4v) is 3.26. The predicted molar refractivity (Wildman–Crippen MR) is 122 cm³/mol. The van der Waals surface area contributed by atoms with E-state index in [1.165, 1.54) is 12.8 Å². The Morgan fingerprint density at radius 2 is 1.69 bits per heavy atom. The number of ether oxygens (including phenoxy) is 1. The molecule has 0 spiro atoms. The van der Waals surface area contributed by atoms with E-state index in [4.69, 9.17) is 4.98 Å². The first-order valence-corrected chi connectivity index (χ1v) is 10.4. The molecule has 0 saturated heterocycles. The van der Waals surface area contributed by atoms with E-state index in [2.05, 4.69) is 23.9 Å². The molecule has 0 aliphatic heterocycles. The summed E-state index contributed by atoms with van der Waals surface area (Å²) >= 11 is 0. The van der Waals surface area contributed by atoms with Crippen LogP contribution in [0, 0.1) is 0 Å². The molecule has 0 saturated carbocycles. The van der Waals surface area contributed by atoms with Crippen LogP contribution < -0.4 is 10.9 Å². The smallest absolute Gasteiger partial charge is 0.268 e. The minimum Gasteiger partial charge on any atom is -0.388 e. The van der Waals surface area contributed by atoms with E-state index in [-0.39, 0.29) is 5.56 Å². The molecule has 0 aliphatic rings. The maximum Gasteiger partial charge on any atom is 0.268 e. The molecule has 0 unspecified atom stereocenters. The molecular formula is C24H33N3O2. The highest BCUT2D eigenvalue weighted by molar-refractivity contribution is 5.90. The van der Waals surface area contributed by atoms with Crippen molar-refractivity contribution in [1.29, 1.82) is 0 Å². The molecule has 2 aromatic carbocycles. The van der Waals surface area contributed by atoms with Gasteiger partial charge in [0.2, 0.25) is 0 Å². The first kappa shape index (κ1) is 22.6. The number of aryl methyl sites for hydroxylation is 1. The molecule has 29 heavy (non-hydrogen) atoms. The first-order chi connectivity index (χ1) is 14.2. The average Bonchev–Trinajstić information content (AvgIpc) is 2.73. The number of hydrogen-bond acceptors (Lipinski definition) is 4. The van der Waals surface area contributed by atoms with Crippen molar-refractivity contribution in [2.45, 2.75) is 46.0 Å². The lowest BCUT2D eigenvalue weighted by molar-refractivity contribution is 0.277. The van der Waals surface area contributed by atoms with Gasteiger partial charge >= 0.3 is 0 Å². The maximum absolute atomic E-state index is 13.4. The number of fused-ring (bicyclic) bond motifs is 1. The van der Waals surface area contributed by atoms with Gasteiger partial charge in [0.05, 0.1) is 16.6 Å². The van der Waals surface area contributed by atoms with E-state index in [1.807, 2.05) is 48.5 Å². The topological polar surface area (TPSA) is 56.2 Å². The van der Waals surface area contributed by atoms with Crippen molar-refractivity contribution < 1.29 is 4.74 Å². The van der Waals surface area contributed by atoms with Crippen molar-refractivity contribution in [1.82, 2.24) is 9.55 Å². The van der Waals surface area contributed by atoms with Gasteiger partial charge in [0.1, 0.15) is 5.82 Å². The zero-order chi connectivity index (χ0) is 21.1. The highest BCUT2D eigenvalue weighted by Gasteiger charge is 2.14. The zero-order valence-electron chi connectivity index (χ0n) is 18.1. The second kappa shape index (κ2) is 12.0. The second-order valence-electron chi connectivity index (χ2n) is 7.00. The largest absolute Gasteiger partial charge is 0.388 e. The van der Waals surface area contributed by atoms with Gasteiger partial charge in [-0.3, -0.25) is 9.36 Å². The van der Waals surface area contributed by atoms with Crippen LogP contribution in [0.2, 0.25) is 0 Å². The molecule has 0 bridgehead atoms. The number of rotatable bonds is 8. The lowest BCUT2D eigenvalue weighted by atomic mass is 10.1. The summed E-state index contributed by atoms with van der Waals surface area (Å²) in [6.07, 6.45) is 5.18. The summed E-state index contributed by atoms with van der Waals surface area (Å²) < 4.78 is 6.02.